The number of nitrogens with one attached hydrogen (secondary N) is 2. The number of rotatable bonds is 4. The number of alkyl carbamates (subject to hydrolysis) is 1. The van der Waals surface area contributed by atoms with Gasteiger partial charge in [-0.15, -0.1) is 17.5 Å². The highest BCUT2D eigenvalue weighted by atomic mass is 35.5. The maximum Gasteiger partial charge on any atom is 0.407 e. The van der Waals surface area contributed by atoms with Crippen LogP contribution in [0.4, 0.5) is 4.79 Å². The van der Waals surface area contributed by atoms with Crippen molar-refractivity contribution in [3.05, 3.63) is 57.6 Å². The number of allylic oxidation sites excluding steroid dienone is 1. The normalized spacial score (nSPS) is 21.9. The van der Waals surface area contributed by atoms with Crippen LogP contribution in [0.3, 0.4) is 0 Å². The van der Waals surface area contributed by atoms with Gasteiger partial charge in [-0.3, -0.25) is 5.10 Å². The van der Waals surface area contributed by atoms with Gasteiger partial charge in [0.25, 0.3) is 0 Å². The maximum absolute atomic E-state index is 12.1. The lowest BCUT2D eigenvalue weighted by molar-refractivity contribution is 0.0490. The van der Waals surface area contributed by atoms with Crippen LogP contribution in [0.15, 0.2) is 29.7 Å². The molecular formula is C31H40ClN5O4. The fraction of sp³-hybridized carbons (Fsp3) is 0.516. The van der Waals surface area contributed by atoms with E-state index in [0.29, 0.717) is 17.0 Å². The first kappa shape index (κ1) is 31.9. The quantitative estimate of drug-likeness (QED) is 0.367. The van der Waals surface area contributed by atoms with Crippen molar-refractivity contribution in [3.8, 4) is 23.8 Å². The topological polar surface area (TPSA) is 146 Å². The molecule has 2 aliphatic rings. The molecular weight excluding hydrogens is 542 g/mol. The van der Waals surface area contributed by atoms with Gasteiger partial charge in [-0.1, -0.05) is 31.8 Å². The fourth-order valence-electron chi connectivity index (χ4n) is 5.89. The Morgan fingerprint density at radius 3 is 2.56 bits per heavy atom. The number of fused-ring (bicyclic) bond motifs is 1. The summed E-state index contributed by atoms with van der Waals surface area (Å²) in [5.41, 5.74) is 8.91. The number of carbonyl (C=O) groups is 1. The molecule has 0 unspecified atom stereocenters. The number of hydrogen-bond donors (Lipinski definition) is 4. The standard InChI is InChI=1S/C31H39N5O4.ClH/c1-18(2)31(25(16-32)27(33)39-28-26(31)19(3)35-36-28)23-14-21(13-22(15-23)17-37)8-7-20-9-11-24(12-10-20)34-29(38)40-30(4,5)6;/h13-15,18,20,24,37H,9-12,17,33H2,1-6H3,(H,34,38)(H,35,36);1H/t20?,24?,31-;/m0./s1. The number of aryl methyl sites for hydroxylation is 1. The summed E-state index contributed by atoms with van der Waals surface area (Å²) >= 11 is 0. The van der Waals surface area contributed by atoms with Crippen LogP contribution >= 0.6 is 12.4 Å². The van der Waals surface area contributed by atoms with Crippen molar-refractivity contribution < 1.29 is 19.4 Å². The number of aromatic nitrogens is 2. The van der Waals surface area contributed by atoms with E-state index in [2.05, 4.69) is 33.4 Å². The van der Waals surface area contributed by atoms with Crippen LogP contribution in [-0.4, -0.2) is 33.0 Å². The maximum atomic E-state index is 12.1. The molecule has 2 aromatic rings. The van der Waals surface area contributed by atoms with Crippen molar-refractivity contribution in [2.45, 2.75) is 90.9 Å². The molecule has 220 valence electrons. The molecule has 1 aliphatic carbocycles. The van der Waals surface area contributed by atoms with Crippen LogP contribution in [0.25, 0.3) is 0 Å². The van der Waals surface area contributed by atoms with E-state index in [9.17, 15) is 15.2 Å². The Bertz CT molecular complexity index is 1410. The molecule has 0 radical (unpaired) electrons. The van der Waals surface area contributed by atoms with Crippen LogP contribution in [-0.2, 0) is 16.8 Å². The number of benzene rings is 1. The molecule has 0 bridgehead atoms. The van der Waals surface area contributed by atoms with Crippen LogP contribution in [0.1, 0.15) is 88.2 Å². The third-order valence-corrected chi connectivity index (χ3v) is 7.63. The van der Waals surface area contributed by atoms with E-state index >= 15 is 0 Å². The number of amides is 1. The van der Waals surface area contributed by atoms with Gasteiger partial charge >= 0.3 is 6.09 Å². The molecule has 1 aromatic carbocycles. The van der Waals surface area contributed by atoms with Crippen molar-refractivity contribution in [1.82, 2.24) is 15.5 Å². The van der Waals surface area contributed by atoms with Gasteiger partial charge in [0.2, 0.25) is 11.8 Å². The minimum Gasteiger partial charge on any atom is -0.444 e. The third-order valence-electron chi connectivity index (χ3n) is 7.63. The first-order valence-corrected chi connectivity index (χ1v) is 13.8. The number of halogens is 1. The molecule has 5 N–H and O–H groups in total. The number of nitriles is 1. The summed E-state index contributed by atoms with van der Waals surface area (Å²) in [6.45, 7) is 11.3. The van der Waals surface area contributed by atoms with Gasteiger partial charge in [0.15, 0.2) is 0 Å². The number of nitrogens with two attached hydrogens (primary N) is 1. The van der Waals surface area contributed by atoms with Gasteiger partial charge in [0.05, 0.1) is 17.6 Å². The van der Waals surface area contributed by atoms with Gasteiger partial charge in [-0.2, -0.15) is 5.26 Å². The summed E-state index contributed by atoms with van der Waals surface area (Å²) in [4.78, 5) is 12.1. The molecule has 1 fully saturated rings. The Labute approximate surface area is 248 Å². The first-order chi connectivity index (χ1) is 18.9. The van der Waals surface area contributed by atoms with Crippen LogP contribution in [0.5, 0.6) is 5.88 Å². The van der Waals surface area contributed by atoms with Gasteiger partial charge < -0.3 is 25.6 Å². The molecule has 9 nitrogen and oxygen atoms in total. The average molecular weight is 582 g/mol. The van der Waals surface area contributed by atoms with E-state index in [-0.39, 0.29) is 48.9 Å². The van der Waals surface area contributed by atoms with Crippen molar-refractivity contribution >= 4 is 18.5 Å². The predicted molar refractivity (Wildman–Crippen MR) is 158 cm³/mol. The SMILES string of the molecule is Cc1[nH]nc2c1[C@](c1cc(C#CC3CCC(NC(=O)OC(C)(C)C)CC3)cc(CO)c1)(C(C)C)C(C#N)=C(N)O2.Cl. The van der Waals surface area contributed by atoms with E-state index in [0.717, 1.165) is 48.1 Å². The summed E-state index contributed by atoms with van der Waals surface area (Å²) in [6, 6.07) is 8.14. The Hall–Kier alpha value is -3.66. The highest BCUT2D eigenvalue weighted by Gasteiger charge is 2.50. The Morgan fingerprint density at radius 1 is 1.29 bits per heavy atom. The highest BCUT2D eigenvalue weighted by Crippen LogP contribution is 2.52. The number of ether oxygens (including phenoxy) is 2. The zero-order chi connectivity index (χ0) is 29.2. The summed E-state index contributed by atoms with van der Waals surface area (Å²) in [5, 5.41) is 30.6. The molecule has 1 amide bonds. The van der Waals surface area contributed by atoms with Crippen LogP contribution in [0, 0.1) is 41.9 Å². The number of aliphatic hydroxyl groups excluding tert-OH is 1. The second-order valence-corrected chi connectivity index (χ2v) is 12.0. The monoisotopic (exact) mass is 581 g/mol. The average Bonchev–Trinajstić information content (AvgIpc) is 3.25. The van der Waals surface area contributed by atoms with Crippen molar-refractivity contribution in [2.75, 3.05) is 0 Å². The number of carbonyl (C=O) groups excluding carboxylic acids is 1. The summed E-state index contributed by atoms with van der Waals surface area (Å²) < 4.78 is 11.1. The zero-order valence-corrected chi connectivity index (χ0v) is 25.4. The number of aliphatic hydroxyl groups is 1. The molecule has 0 spiro atoms. The van der Waals surface area contributed by atoms with E-state index in [1.165, 1.54) is 0 Å². The number of hydrogen-bond acceptors (Lipinski definition) is 7. The molecule has 1 aliphatic heterocycles. The van der Waals surface area contributed by atoms with E-state index < -0.39 is 11.0 Å². The smallest absolute Gasteiger partial charge is 0.407 e. The van der Waals surface area contributed by atoms with E-state index in [1.807, 2.05) is 59.7 Å². The first-order valence-electron chi connectivity index (χ1n) is 13.8. The van der Waals surface area contributed by atoms with Crippen molar-refractivity contribution in [2.24, 2.45) is 17.6 Å². The lowest BCUT2D eigenvalue weighted by atomic mass is 9.61. The minimum absolute atomic E-state index is 0. The number of nitrogens with zero attached hydrogens (tertiary/aromatic N) is 2. The van der Waals surface area contributed by atoms with Gasteiger partial charge in [-0.05, 0) is 82.6 Å². The zero-order valence-electron chi connectivity index (χ0n) is 24.6. The van der Waals surface area contributed by atoms with Gasteiger partial charge in [0, 0.05) is 23.2 Å². The Morgan fingerprint density at radius 2 is 1.98 bits per heavy atom. The second-order valence-electron chi connectivity index (χ2n) is 12.0. The van der Waals surface area contributed by atoms with E-state index in [1.54, 1.807) is 0 Å². The Balaban J connectivity index is 0.00000462. The highest BCUT2D eigenvalue weighted by molar-refractivity contribution is 5.85. The second kappa shape index (κ2) is 12.5. The van der Waals surface area contributed by atoms with Gasteiger partial charge in [-0.25, -0.2) is 4.79 Å². The lowest BCUT2D eigenvalue weighted by Gasteiger charge is -2.41. The number of aromatic amines is 1. The van der Waals surface area contributed by atoms with Crippen LogP contribution in [0.2, 0.25) is 0 Å². The number of H-pyrrole nitrogens is 1. The van der Waals surface area contributed by atoms with Crippen molar-refractivity contribution in [3.63, 3.8) is 0 Å². The largest absolute Gasteiger partial charge is 0.444 e. The molecule has 1 atom stereocenters. The molecule has 4 rings (SSSR count). The molecule has 10 heteroatoms. The summed E-state index contributed by atoms with van der Waals surface area (Å²) in [7, 11) is 0. The summed E-state index contributed by atoms with van der Waals surface area (Å²) in [5.74, 6) is 7.21. The lowest BCUT2D eigenvalue weighted by Crippen LogP contribution is -2.41. The fourth-order valence-corrected chi connectivity index (χ4v) is 5.89. The predicted octanol–water partition coefficient (Wildman–Crippen LogP) is 5.10. The minimum atomic E-state index is -0.934. The third kappa shape index (κ3) is 6.48. The summed E-state index contributed by atoms with van der Waals surface area (Å²) in [6.07, 6.45) is 3.00. The molecule has 2 heterocycles. The molecule has 0 saturated heterocycles. The van der Waals surface area contributed by atoms with Crippen LogP contribution < -0.4 is 15.8 Å². The van der Waals surface area contributed by atoms with E-state index in [4.69, 9.17) is 15.2 Å². The van der Waals surface area contributed by atoms with Crippen molar-refractivity contribution in [1.29, 1.82) is 5.26 Å². The molecule has 1 saturated carbocycles. The molecule has 41 heavy (non-hydrogen) atoms. The van der Waals surface area contributed by atoms with Gasteiger partial charge in [0.1, 0.15) is 17.2 Å². The molecule has 1 aromatic heterocycles. The Kier molecular flexibility index (Phi) is 9.69.